The first-order chi connectivity index (χ1) is 10.2. The number of hydrogen-bond acceptors (Lipinski definition) is 3. The molecule has 3 rings (SSSR count). The van der Waals surface area contributed by atoms with Gasteiger partial charge in [0.15, 0.2) is 0 Å². The van der Waals surface area contributed by atoms with Crippen LogP contribution in [0.3, 0.4) is 0 Å². The number of fused-ring (bicyclic) bond motifs is 1. The van der Waals surface area contributed by atoms with E-state index in [0.29, 0.717) is 0 Å². The van der Waals surface area contributed by atoms with Crippen molar-refractivity contribution in [2.75, 3.05) is 18.1 Å². The summed E-state index contributed by atoms with van der Waals surface area (Å²) in [6.07, 6.45) is 0.151. The molecule has 0 fully saturated rings. The lowest BCUT2D eigenvalue weighted by Gasteiger charge is -2.33. The van der Waals surface area contributed by atoms with Gasteiger partial charge in [-0.1, -0.05) is 46.3 Å². The lowest BCUT2D eigenvalue weighted by molar-refractivity contribution is 0.0717. The summed E-state index contributed by atoms with van der Waals surface area (Å²) >= 11 is 3.50. The Hall–Kier alpha value is -1.36. The van der Waals surface area contributed by atoms with E-state index >= 15 is 0 Å². The summed E-state index contributed by atoms with van der Waals surface area (Å²) < 4.78 is 1.07. The van der Waals surface area contributed by atoms with Crippen LogP contribution >= 0.6 is 15.9 Å². The van der Waals surface area contributed by atoms with E-state index in [1.54, 1.807) is 0 Å². The van der Waals surface area contributed by atoms with Crippen molar-refractivity contribution in [2.24, 2.45) is 0 Å². The smallest absolute Gasteiger partial charge is 0.101 e. The fourth-order valence-electron chi connectivity index (χ4n) is 3.04. The maximum Gasteiger partial charge on any atom is 0.101 e. The van der Waals surface area contributed by atoms with Gasteiger partial charge in [0, 0.05) is 16.7 Å². The minimum absolute atomic E-state index is 0.223. The van der Waals surface area contributed by atoms with Crippen LogP contribution in [0.1, 0.15) is 17.2 Å². The SMILES string of the molecule is OC[C@@H](O)[C@H](c1ccccc1)N1CCc2cc(Br)ccc21. The standard InChI is InChI=1S/C17H18BrNO2/c18-14-6-7-15-13(10-14)8-9-19(15)17(16(21)11-20)12-4-2-1-3-5-12/h1-7,10,16-17,20-21H,8-9,11H2/t16-,17+/m1/s1. The minimum atomic E-state index is -0.804. The quantitative estimate of drug-likeness (QED) is 0.893. The molecule has 0 saturated heterocycles. The van der Waals surface area contributed by atoms with Crippen LogP contribution in [0.2, 0.25) is 0 Å². The summed E-state index contributed by atoms with van der Waals surface area (Å²) in [4.78, 5) is 2.19. The Bertz CT molecular complexity index is 617. The molecule has 3 nitrogen and oxygen atoms in total. The van der Waals surface area contributed by atoms with Crippen LogP contribution in [0.5, 0.6) is 0 Å². The third kappa shape index (κ3) is 2.84. The van der Waals surface area contributed by atoms with E-state index in [-0.39, 0.29) is 12.6 Å². The lowest BCUT2D eigenvalue weighted by atomic mass is 10.00. The molecule has 2 N–H and O–H groups in total. The van der Waals surface area contributed by atoms with Gasteiger partial charge in [0.2, 0.25) is 0 Å². The average molecular weight is 348 g/mol. The van der Waals surface area contributed by atoms with E-state index in [4.69, 9.17) is 0 Å². The molecule has 110 valence electrons. The van der Waals surface area contributed by atoms with Crippen LogP contribution < -0.4 is 4.90 Å². The highest BCUT2D eigenvalue weighted by Crippen LogP contribution is 2.37. The van der Waals surface area contributed by atoms with Crippen molar-refractivity contribution in [3.05, 3.63) is 64.1 Å². The summed E-state index contributed by atoms with van der Waals surface area (Å²) in [6, 6.07) is 15.9. The molecule has 0 amide bonds. The van der Waals surface area contributed by atoms with E-state index < -0.39 is 6.10 Å². The summed E-state index contributed by atoms with van der Waals surface area (Å²) in [6.45, 7) is 0.602. The zero-order chi connectivity index (χ0) is 14.8. The molecule has 0 aromatic heterocycles. The molecule has 0 aliphatic carbocycles. The second-order valence-electron chi connectivity index (χ2n) is 5.32. The van der Waals surface area contributed by atoms with Gasteiger partial charge in [-0.3, -0.25) is 0 Å². The van der Waals surface area contributed by atoms with Gasteiger partial charge in [-0.05, 0) is 35.7 Å². The summed E-state index contributed by atoms with van der Waals surface area (Å²) in [5, 5.41) is 19.7. The molecule has 1 aliphatic rings. The Labute approximate surface area is 133 Å². The molecule has 1 heterocycles. The second-order valence-corrected chi connectivity index (χ2v) is 6.24. The molecule has 0 spiro atoms. The first-order valence-corrected chi connectivity index (χ1v) is 7.89. The number of anilines is 1. The van der Waals surface area contributed by atoms with Crippen molar-refractivity contribution >= 4 is 21.6 Å². The molecule has 2 aromatic carbocycles. The Morgan fingerprint density at radius 2 is 1.90 bits per heavy atom. The minimum Gasteiger partial charge on any atom is -0.394 e. The van der Waals surface area contributed by atoms with Gasteiger partial charge in [0.1, 0.15) is 6.10 Å². The summed E-state index contributed by atoms with van der Waals surface area (Å²) in [5.74, 6) is 0. The van der Waals surface area contributed by atoms with E-state index in [1.807, 2.05) is 36.4 Å². The Morgan fingerprint density at radius 1 is 1.14 bits per heavy atom. The fourth-order valence-corrected chi connectivity index (χ4v) is 3.45. The molecule has 0 saturated carbocycles. The first-order valence-electron chi connectivity index (χ1n) is 7.09. The van der Waals surface area contributed by atoms with Crippen LogP contribution in [0, 0.1) is 0 Å². The summed E-state index contributed by atoms with van der Waals surface area (Å²) in [7, 11) is 0. The third-order valence-corrected chi connectivity index (χ3v) is 4.49. The van der Waals surface area contributed by atoms with Crippen LogP contribution in [0.15, 0.2) is 53.0 Å². The van der Waals surface area contributed by atoms with Crippen LogP contribution in [-0.2, 0) is 6.42 Å². The van der Waals surface area contributed by atoms with Crippen molar-refractivity contribution < 1.29 is 10.2 Å². The fraction of sp³-hybridized carbons (Fsp3) is 0.294. The van der Waals surface area contributed by atoms with E-state index in [1.165, 1.54) is 5.56 Å². The van der Waals surface area contributed by atoms with Crippen molar-refractivity contribution in [2.45, 2.75) is 18.6 Å². The number of aliphatic hydroxyl groups excluding tert-OH is 2. The molecule has 2 aromatic rings. The largest absolute Gasteiger partial charge is 0.394 e. The molecule has 0 unspecified atom stereocenters. The van der Waals surface area contributed by atoms with Crippen LogP contribution in [0.4, 0.5) is 5.69 Å². The van der Waals surface area contributed by atoms with E-state index in [9.17, 15) is 10.2 Å². The maximum absolute atomic E-state index is 10.3. The van der Waals surface area contributed by atoms with Gasteiger partial charge in [0.05, 0.1) is 12.6 Å². The van der Waals surface area contributed by atoms with Crippen LogP contribution in [0.25, 0.3) is 0 Å². The second kappa shape index (κ2) is 6.18. The molecule has 0 radical (unpaired) electrons. The number of rotatable bonds is 4. The number of aliphatic hydroxyl groups is 2. The predicted molar refractivity (Wildman–Crippen MR) is 87.5 cm³/mol. The number of nitrogens with zero attached hydrogens (tertiary/aromatic N) is 1. The number of hydrogen-bond donors (Lipinski definition) is 2. The number of benzene rings is 2. The van der Waals surface area contributed by atoms with Crippen molar-refractivity contribution in [3.8, 4) is 0 Å². The highest BCUT2D eigenvalue weighted by atomic mass is 79.9. The zero-order valence-electron chi connectivity index (χ0n) is 11.6. The molecule has 2 atom stereocenters. The van der Waals surface area contributed by atoms with Gasteiger partial charge >= 0.3 is 0 Å². The average Bonchev–Trinajstić information content (AvgIpc) is 2.91. The topological polar surface area (TPSA) is 43.7 Å². The Balaban J connectivity index is 2.00. The normalized spacial score (nSPS) is 16.6. The van der Waals surface area contributed by atoms with E-state index in [0.717, 1.165) is 28.7 Å². The molecular weight excluding hydrogens is 330 g/mol. The monoisotopic (exact) mass is 347 g/mol. The Kier molecular flexibility index (Phi) is 4.29. The van der Waals surface area contributed by atoms with Crippen molar-refractivity contribution in [3.63, 3.8) is 0 Å². The van der Waals surface area contributed by atoms with Crippen molar-refractivity contribution in [1.82, 2.24) is 0 Å². The maximum atomic E-state index is 10.3. The van der Waals surface area contributed by atoms with Gasteiger partial charge in [-0.2, -0.15) is 0 Å². The third-order valence-electron chi connectivity index (χ3n) is 4.00. The van der Waals surface area contributed by atoms with Gasteiger partial charge in [-0.25, -0.2) is 0 Å². The first kappa shape index (κ1) is 14.6. The van der Waals surface area contributed by atoms with Crippen LogP contribution in [-0.4, -0.2) is 29.5 Å². The molecule has 4 heteroatoms. The molecule has 0 bridgehead atoms. The van der Waals surface area contributed by atoms with E-state index in [2.05, 4.69) is 33.0 Å². The predicted octanol–water partition coefficient (Wildman–Crippen LogP) is 2.91. The molecule has 21 heavy (non-hydrogen) atoms. The summed E-state index contributed by atoms with van der Waals surface area (Å²) in [5.41, 5.74) is 3.44. The molecule has 1 aliphatic heterocycles. The van der Waals surface area contributed by atoms with Gasteiger partial charge in [-0.15, -0.1) is 0 Å². The highest BCUT2D eigenvalue weighted by Gasteiger charge is 2.31. The van der Waals surface area contributed by atoms with Crippen molar-refractivity contribution in [1.29, 1.82) is 0 Å². The molecular formula is C17H18BrNO2. The number of halogens is 1. The Morgan fingerprint density at radius 3 is 2.62 bits per heavy atom. The van der Waals surface area contributed by atoms with Gasteiger partial charge < -0.3 is 15.1 Å². The van der Waals surface area contributed by atoms with Gasteiger partial charge in [0.25, 0.3) is 0 Å². The lowest BCUT2D eigenvalue weighted by Crippen LogP contribution is -2.37. The zero-order valence-corrected chi connectivity index (χ0v) is 13.2. The highest BCUT2D eigenvalue weighted by molar-refractivity contribution is 9.10.